The van der Waals surface area contributed by atoms with Crippen molar-refractivity contribution < 1.29 is 36.6 Å². The van der Waals surface area contributed by atoms with Crippen molar-refractivity contribution in [2.75, 3.05) is 26.2 Å². The van der Waals surface area contributed by atoms with E-state index in [0.717, 1.165) is 12.1 Å². The summed E-state index contributed by atoms with van der Waals surface area (Å²) < 4.78 is 58.6. The molecule has 1 aliphatic heterocycles. The predicted molar refractivity (Wildman–Crippen MR) is 108 cm³/mol. The number of hydrogen-bond donors (Lipinski definition) is 0. The molecule has 1 fully saturated rings. The van der Waals surface area contributed by atoms with E-state index in [2.05, 4.69) is 9.47 Å². The van der Waals surface area contributed by atoms with Crippen molar-refractivity contribution in [3.8, 4) is 11.5 Å². The summed E-state index contributed by atoms with van der Waals surface area (Å²) in [6.45, 7) is -4.98. The minimum atomic E-state index is -3.19. The number of halogens is 4. The Labute approximate surface area is 181 Å². The number of carbonyl (C=O) groups is 2. The van der Waals surface area contributed by atoms with Gasteiger partial charge >= 0.3 is 13.2 Å². The normalized spacial score (nSPS) is 14.3. The molecule has 0 unspecified atom stereocenters. The van der Waals surface area contributed by atoms with Crippen LogP contribution in [0.5, 0.6) is 11.5 Å². The van der Waals surface area contributed by atoms with Gasteiger partial charge in [0.25, 0.3) is 5.91 Å². The van der Waals surface area contributed by atoms with Gasteiger partial charge in [0.05, 0.1) is 0 Å². The largest absolute Gasteiger partial charge is 0.435 e. The zero-order chi connectivity index (χ0) is 23.1. The van der Waals surface area contributed by atoms with Crippen LogP contribution in [0.1, 0.15) is 15.9 Å². The third-order valence-corrected chi connectivity index (χ3v) is 4.73. The number of carbonyl (C=O) groups excluding carboxylic acids is 2. The van der Waals surface area contributed by atoms with E-state index in [1.165, 1.54) is 23.1 Å². The Morgan fingerprint density at radius 2 is 1.47 bits per heavy atom. The Bertz CT molecular complexity index is 962. The number of rotatable bonds is 7. The summed E-state index contributed by atoms with van der Waals surface area (Å²) in [6, 6.07) is 12.1. The van der Waals surface area contributed by atoms with Gasteiger partial charge < -0.3 is 19.3 Å². The van der Waals surface area contributed by atoms with E-state index < -0.39 is 19.0 Å². The van der Waals surface area contributed by atoms with Crippen LogP contribution in [0, 0.1) is 0 Å². The fourth-order valence-corrected chi connectivity index (χ4v) is 3.19. The first kappa shape index (κ1) is 23.1. The molecule has 1 saturated heterocycles. The fourth-order valence-electron chi connectivity index (χ4n) is 3.19. The second-order valence-corrected chi connectivity index (χ2v) is 6.77. The zero-order valence-electron chi connectivity index (χ0n) is 16.8. The predicted octanol–water partition coefficient (Wildman–Crippen LogP) is 3.89. The summed E-state index contributed by atoms with van der Waals surface area (Å²) in [4.78, 5) is 28.1. The maximum Gasteiger partial charge on any atom is 0.387 e. The molecule has 0 aromatic heterocycles. The molecule has 0 bridgehead atoms. The highest BCUT2D eigenvalue weighted by molar-refractivity contribution is 5.95. The van der Waals surface area contributed by atoms with Crippen LogP contribution in [0.4, 0.5) is 17.6 Å². The van der Waals surface area contributed by atoms with Crippen molar-refractivity contribution in [2.45, 2.75) is 13.2 Å². The molecule has 170 valence electrons. The molecule has 0 radical (unpaired) electrons. The van der Waals surface area contributed by atoms with Gasteiger partial charge in [-0.15, -0.1) is 0 Å². The maximum absolute atomic E-state index is 12.7. The van der Waals surface area contributed by atoms with E-state index in [1.54, 1.807) is 29.2 Å². The number of alkyl halides is 4. The summed E-state index contributed by atoms with van der Waals surface area (Å²) in [7, 11) is 0. The lowest BCUT2D eigenvalue weighted by molar-refractivity contribution is -0.127. The monoisotopic (exact) mass is 452 g/mol. The molecule has 0 spiro atoms. The van der Waals surface area contributed by atoms with Gasteiger partial charge in [-0.3, -0.25) is 9.59 Å². The smallest absolute Gasteiger partial charge is 0.387 e. The molecule has 10 heteroatoms. The highest BCUT2D eigenvalue weighted by atomic mass is 19.3. The average Bonchev–Trinajstić information content (AvgIpc) is 2.78. The molecule has 1 heterocycles. The van der Waals surface area contributed by atoms with Gasteiger partial charge in [-0.1, -0.05) is 18.2 Å². The number of hydrogen-bond acceptors (Lipinski definition) is 4. The number of benzene rings is 2. The lowest BCUT2D eigenvalue weighted by Crippen LogP contribution is -2.50. The molecule has 0 atom stereocenters. The summed E-state index contributed by atoms with van der Waals surface area (Å²) in [5.74, 6) is -1.25. The van der Waals surface area contributed by atoms with Gasteiger partial charge in [-0.2, -0.15) is 17.6 Å². The van der Waals surface area contributed by atoms with Crippen LogP contribution < -0.4 is 9.47 Å². The average molecular weight is 452 g/mol. The van der Waals surface area contributed by atoms with Crippen molar-refractivity contribution in [3.63, 3.8) is 0 Å². The highest BCUT2D eigenvalue weighted by Crippen LogP contribution is 2.28. The van der Waals surface area contributed by atoms with E-state index in [1.807, 2.05) is 6.07 Å². The number of amides is 2. The van der Waals surface area contributed by atoms with Crippen molar-refractivity contribution in [3.05, 3.63) is 65.7 Å². The maximum atomic E-state index is 12.7. The highest BCUT2D eigenvalue weighted by Gasteiger charge is 2.24. The first-order chi connectivity index (χ1) is 15.3. The summed E-state index contributed by atoms with van der Waals surface area (Å²) >= 11 is 0. The molecule has 0 saturated carbocycles. The Morgan fingerprint density at radius 3 is 2.09 bits per heavy atom. The zero-order valence-corrected chi connectivity index (χ0v) is 16.8. The first-order valence-electron chi connectivity index (χ1n) is 9.68. The van der Waals surface area contributed by atoms with Crippen LogP contribution in [0.3, 0.4) is 0 Å². The second kappa shape index (κ2) is 10.7. The van der Waals surface area contributed by atoms with Crippen LogP contribution in [0.15, 0.2) is 54.6 Å². The number of ether oxygens (including phenoxy) is 2. The molecule has 32 heavy (non-hydrogen) atoms. The lowest BCUT2D eigenvalue weighted by atomic mass is 10.1. The van der Waals surface area contributed by atoms with Crippen molar-refractivity contribution in [2.24, 2.45) is 0 Å². The molecule has 6 nitrogen and oxygen atoms in total. The molecule has 2 amide bonds. The van der Waals surface area contributed by atoms with E-state index >= 15 is 0 Å². The van der Waals surface area contributed by atoms with Crippen LogP contribution in [0.25, 0.3) is 6.08 Å². The number of nitrogens with zero attached hydrogens (tertiary/aromatic N) is 2. The fraction of sp³-hybridized carbons (Fsp3) is 0.273. The molecule has 2 aromatic rings. The van der Waals surface area contributed by atoms with Crippen molar-refractivity contribution >= 4 is 17.9 Å². The van der Waals surface area contributed by atoms with E-state index in [9.17, 15) is 27.2 Å². The van der Waals surface area contributed by atoms with E-state index in [0.29, 0.717) is 31.7 Å². The third kappa shape index (κ3) is 6.22. The van der Waals surface area contributed by atoms with E-state index in [-0.39, 0.29) is 23.1 Å². The minimum absolute atomic E-state index is 0.0955. The molecular weight excluding hydrogens is 432 g/mol. The Morgan fingerprint density at radius 1 is 0.844 bits per heavy atom. The molecule has 2 aromatic carbocycles. The van der Waals surface area contributed by atoms with Crippen LogP contribution in [-0.4, -0.2) is 61.0 Å². The Hall–Kier alpha value is -3.56. The van der Waals surface area contributed by atoms with E-state index in [4.69, 9.17) is 0 Å². The van der Waals surface area contributed by atoms with Crippen molar-refractivity contribution in [1.82, 2.24) is 9.80 Å². The molecule has 0 N–H and O–H groups in total. The van der Waals surface area contributed by atoms with Crippen LogP contribution in [-0.2, 0) is 4.79 Å². The summed E-state index contributed by atoms with van der Waals surface area (Å²) in [5.41, 5.74) is 0.663. The molecule has 3 rings (SSSR count). The van der Waals surface area contributed by atoms with Gasteiger partial charge in [0.15, 0.2) is 0 Å². The molecule has 0 aliphatic carbocycles. The Kier molecular flexibility index (Phi) is 7.69. The lowest BCUT2D eigenvalue weighted by Gasteiger charge is -2.34. The van der Waals surface area contributed by atoms with Crippen molar-refractivity contribution in [1.29, 1.82) is 0 Å². The quantitative estimate of drug-likeness (QED) is 0.473. The third-order valence-electron chi connectivity index (χ3n) is 4.73. The molecular formula is C22H20F4N2O4. The van der Waals surface area contributed by atoms with Gasteiger partial charge in [0, 0.05) is 49.4 Å². The minimum Gasteiger partial charge on any atom is -0.435 e. The summed E-state index contributed by atoms with van der Waals surface area (Å²) in [6.07, 6.45) is 2.43. The second-order valence-electron chi connectivity index (χ2n) is 6.77. The molecule has 1 aliphatic rings. The first-order valence-corrected chi connectivity index (χ1v) is 9.68. The van der Waals surface area contributed by atoms with Gasteiger partial charge in [0.1, 0.15) is 11.5 Å². The SMILES string of the molecule is O=C(/C=C/c1ccc(OC(F)F)cc1OC(F)F)N1CCN(C(=O)c2ccccc2)CC1. The number of piperazine rings is 1. The Balaban J connectivity index is 1.62. The standard InChI is InChI=1S/C22H20F4N2O4/c23-21(24)31-17-8-6-15(18(14-17)32-22(25)26)7-9-19(29)27-10-12-28(13-11-27)20(30)16-4-2-1-3-5-16/h1-9,14,21-22H,10-13H2/b9-7+. The van der Waals surface area contributed by atoms with Crippen LogP contribution >= 0.6 is 0 Å². The van der Waals surface area contributed by atoms with Gasteiger partial charge in [0.2, 0.25) is 5.91 Å². The van der Waals surface area contributed by atoms with Gasteiger partial charge in [-0.25, -0.2) is 0 Å². The van der Waals surface area contributed by atoms with Gasteiger partial charge in [-0.05, 0) is 30.3 Å². The summed E-state index contributed by atoms with van der Waals surface area (Å²) in [5, 5.41) is 0. The topological polar surface area (TPSA) is 59.1 Å². The van der Waals surface area contributed by atoms with Crippen LogP contribution in [0.2, 0.25) is 0 Å².